The van der Waals surface area contributed by atoms with Gasteiger partial charge < -0.3 is 15.5 Å². The van der Waals surface area contributed by atoms with Crippen LogP contribution in [0.5, 0.6) is 0 Å². The fourth-order valence-corrected chi connectivity index (χ4v) is 2.99. The Kier molecular flexibility index (Phi) is 4.46. The Balaban J connectivity index is 2.07. The summed E-state index contributed by atoms with van der Waals surface area (Å²) in [5, 5.41) is 22.9. The van der Waals surface area contributed by atoms with Crippen molar-refractivity contribution in [2.75, 3.05) is 19.7 Å². The molecule has 0 saturated carbocycles. The highest BCUT2D eigenvalue weighted by molar-refractivity contribution is 7.86. The number of aryl methyl sites for hydroxylation is 1. The molecule has 0 aliphatic carbocycles. The average Bonchev–Trinajstić information content (AvgIpc) is 2.41. The zero-order chi connectivity index (χ0) is 14.8. The van der Waals surface area contributed by atoms with Crippen molar-refractivity contribution in [1.29, 1.82) is 0 Å². The van der Waals surface area contributed by atoms with Crippen molar-refractivity contribution in [2.24, 2.45) is 0 Å². The second-order valence-corrected chi connectivity index (χ2v) is 6.72. The van der Waals surface area contributed by atoms with Crippen LogP contribution in [0.1, 0.15) is 12.0 Å². The predicted octanol–water partition coefficient (Wildman–Crippen LogP) is -0.214. The van der Waals surface area contributed by atoms with E-state index >= 15 is 0 Å². The number of benzene rings is 1. The Hall–Kier alpha value is -0.990. The number of hydrogen-bond acceptors (Lipinski definition) is 6. The molecular weight excluding hydrogens is 282 g/mol. The van der Waals surface area contributed by atoms with Gasteiger partial charge in [-0.3, -0.25) is 4.18 Å². The summed E-state index contributed by atoms with van der Waals surface area (Å²) in [5.74, 6) is 0. The lowest BCUT2D eigenvalue weighted by molar-refractivity contribution is -0.113. The van der Waals surface area contributed by atoms with Crippen molar-refractivity contribution in [2.45, 2.75) is 29.9 Å². The van der Waals surface area contributed by atoms with Crippen LogP contribution < -0.4 is 5.32 Å². The molecular formula is C13H19NO5S. The Morgan fingerprint density at radius 3 is 2.65 bits per heavy atom. The highest BCUT2D eigenvalue weighted by Crippen LogP contribution is 2.22. The molecule has 20 heavy (non-hydrogen) atoms. The third kappa shape index (κ3) is 3.36. The van der Waals surface area contributed by atoms with Gasteiger partial charge in [-0.25, -0.2) is 0 Å². The van der Waals surface area contributed by atoms with Gasteiger partial charge in [0.15, 0.2) is 0 Å². The molecule has 112 valence electrons. The van der Waals surface area contributed by atoms with Gasteiger partial charge in [0.25, 0.3) is 10.1 Å². The van der Waals surface area contributed by atoms with Gasteiger partial charge >= 0.3 is 0 Å². The normalized spacial score (nSPS) is 27.4. The molecule has 1 heterocycles. The molecule has 1 aromatic carbocycles. The van der Waals surface area contributed by atoms with Crippen LogP contribution in [-0.2, 0) is 14.3 Å². The first kappa shape index (κ1) is 15.4. The number of aliphatic hydroxyl groups is 2. The van der Waals surface area contributed by atoms with E-state index in [2.05, 4.69) is 5.32 Å². The maximum atomic E-state index is 12.0. The van der Waals surface area contributed by atoms with E-state index in [0.29, 0.717) is 6.54 Å². The fraction of sp³-hybridized carbons (Fsp3) is 0.538. The Morgan fingerprint density at radius 1 is 1.40 bits per heavy atom. The minimum Gasteiger partial charge on any atom is -0.389 e. The van der Waals surface area contributed by atoms with Crippen molar-refractivity contribution >= 4 is 10.1 Å². The second-order valence-electron chi connectivity index (χ2n) is 5.10. The molecule has 3 N–H and O–H groups in total. The number of hydrogen-bond donors (Lipinski definition) is 3. The molecule has 0 amide bonds. The van der Waals surface area contributed by atoms with Crippen molar-refractivity contribution in [3.05, 3.63) is 29.8 Å². The standard InChI is InChI=1S/C13H19NO5S/c1-10-2-4-11(5-3-10)20(17,18)19-9-13(16)6-7-14-8-12(13)15/h2-5,12,14-16H,6-9H2,1H3/t12-,13-/m1/s1. The van der Waals surface area contributed by atoms with Gasteiger partial charge in [-0.1, -0.05) is 17.7 Å². The quantitative estimate of drug-likeness (QED) is 0.666. The van der Waals surface area contributed by atoms with Gasteiger partial charge in [-0.05, 0) is 32.0 Å². The molecule has 6 nitrogen and oxygen atoms in total. The van der Waals surface area contributed by atoms with Crippen LogP contribution >= 0.6 is 0 Å². The average molecular weight is 301 g/mol. The molecule has 1 saturated heterocycles. The van der Waals surface area contributed by atoms with E-state index < -0.39 is 28.4 Å². The van der Waals surface area contributed by atoms with Crippen molar-refractivity contribution in [1.82, 2.24) is 5.32 Å². The Morgan fingerprint density at radius 2 is 2.05 bits per heavy atom. The smallest absolute Gasteiger partial charge is 0.297 e. The van der Waals surface area contributed by atoms with Crippen LogP contribution in [0.25, 0.3) is 0 Å². The van der Waals surface area contributed by atoms with Crippen LogP contribution in [0.3, 0.4) is 0 Å². The zero-order valence-electron chi connectivity index (χ0n) is 11.2. The summed E-state index contributed by atoms with van der Waals surface area (Å²) in [7, 11) is -3.93. The highest BCUT2D eigenvalue weighted by atomic mass is 32.2. The summed E-state index contributed by atoms with van der Waals surface area (Å²) in [6.07, 6.45) is -0.818. The largest absolute Gasteiger partial charge is 0.389 e. The van der Waals surface area contributed by atoms with Crippen molar-refractivity contribution in [3.63, 3.8) is 0 Å². The first-order valence-corrected chi connectivity index (χ1v) is 7.82. The molecule has 1 aromatic rings. The van der Waals surface area contributed by atoms with Crippen LogP contribution in [-0.4, -0.2) is 50.0 Å². The predicted molar refractivity (Wildman–Crippen MR) is 72.8 cm³/mol. The lowest BCUT2D eigenvalue weighted by Crippen LogP contribution is -2.56. The summed E-state index contributed by atoms with van der Waals surface area (Å²) in [6, 6.07) is 6.25. The molecule has 1 fully saturated rings. The molecule has 0 bridgehead atoms. The monoisotopic (exact) mass is 301 g/mol. The Labute approximate surface area is 118 Å². The minimum absolute atomic E-state index is 0.0372. The molecule has 1 aliphatic heterocycles. The van der Waals surface area contributed by atoms with E-state index in [4.69, 9.17) is 4.18 Å². The van der Waals surface area contributed by atoms with E-state index in [1.807, 2.05) is 6.92 Å². The summed E-state index contributed by atoms with van der Waals surface area (Å²) < 4.78 is 28.9. The Bertz CT molecular complexity index is 557. The zero-order valence-corrected chi connectivity index (χ0v) is 12.1. The molecule has 0 unspecified atom stereocenters. The van der Waals surface area contributed by atoms with E-state index in [-0.39, 0.29) is 17.9 Å². The molecule has 1 aliphatic rings. The maximum absolute atomic E-state index is 12.0. The number of nitrogens with one attached hydrogen (secondary N) is 1. The number of aliphatic hydroxyl groups excluding tert-OH is 1. The first-order valence-electron chi connectivity index (χ1n) is 6.41. The van der Waals surface area contributed by atoms with E-state index in [1.165, 1.54) is 12.1 Å². The number of β-amino-alcohol motifs (C(OH)–C–C–N with tert-alkyl or cyclic N) is 1. The molecule has 7 heteroatoms. The number of piperidine rings is 1. The van der Waals surface area contributed by atoms with E-state index in [0.717, 1.165) is 5.56 Å². The minimum atomic E-state index is -3.93. The third-order valence-corrected chi connectivity index (χ3v) is 4.74. The van der Waals surface area contributed by atoms with Crippen LogP contribution in [0.2, 0.25) is 0 Å². The molecule has 0 radical (unpaired) electrons. The van der Waals surface area contributed by atoms with Gasteiger partial charge in [0, 0.05) is 6.54 Å². The maximum Gasteiger partial charge on any atom is 0.297 e. The summed E-state index contributed by atoms with van der Waals surface area (Å²) in [5.41, 5.74) is -0.598. The molecule has 0 spiro atoms. The summed E-state index contributed by atoms with van der Waals surface area (Å²) in [4.78, 5) is 0.0372. The van der Waals surface area contributed by atoms with Crippen LogP contribution in [0.4, 0.5) is 0 Å². The third-order valence-electron chi connectivity index (χ3n) is 3.47. The van der Waals surface area contributed by atoms with Crippen molar-refractivity contribution in [3.8, 4) is 0 Å². The number of rotatable bonds is 4. The van der Waals surface area contributed by atoms with Gasteiger partial charge in [0.2, 0.25) is 0 Å². The van der Waals surface area contributed by atoms with Crippen molar-refractivity contribution < 1.29 is 22.8 Å². The highest BCUT2D eigenvalue weighted by Gasteiger charge is 2.39. The summed E-state index contributed by atoms with van der Waals surface area (Å²) in [6.45, 7) is 2.11. The molecule has 2 atom stereocenters. The second kappa shape index (κ2) is 5.79. The van der Waals surface area contributed by atoms with Gasteiger partial charge in [-0.2, -0.15) is 8.42 Å². The van der Waals surface area contributed by atoms with Crippen LogP contribution in [0.15, 0.2) is 29.2 Å². The lowest BCUT2D eigenvalue weighted by atomic mass is 9.91. The van der Waals surface area contributed by atoms with E-state index in [9.17, 15) is 18.6 Å². The van der Waals surface area contributed by atoms with Gasteiger partial charge in [0.1, 0.15) is 5.60 Å². The SMILES string of the molecule is Cc1ccc(S(=O)(=O)OC[C@]2(O)CCNC[C@H]2O)cc1. The topological polar surface area (TPSA) is 95.9 Å². The molecule has 2 rings (SSSR count). The first-order chi connectivity index (χ1) is 9.33. The van der Waals surface area contributed by atoms with Gasteiger partial charge in [0.05, 0.1) is 17.6 Å². The van der Waals surface area contributed by atoms with E-state index in [1.54, 1.807) is 12.1 Å². The lowest BCUT2D eigenvalue weighted by Gasteiger charge is -2.36. The summed E-state index contributed by atoms with van der Waals surface area (Å²) >= 11 is 0. The molecule has 0 aromatic heterocycles. The fourth-order valence-electron chi connectivity index (χ4n) is 2.02. The van der Waals surface area contributed by atoms with Crippen LogP contribution in [0, 0.1) is 6.92 Å². The van der Waals surface area contributed by atoms with Gasteiger partial charge in [-0.15, -0.1) is 0 Å².